The van der Waals surface area contributed by atoms with Crippen molar-refractivity contribution in [2.45, 2.75) is 27.2 Å². The zero-order chi connectivity index (χ0) is 14.0. The van der Waals surface area contributed by atoms with Gasteiger partial charge in [-0.3, -0.25) is 9.59 Å². The highest BCUT2D eigenvalue weighted by atomic mass is 16.2. The van der Waals surface area contributed by atoms with Crippen molar-refractivity contribution in [3.05, 3.63) is 29.3 Å². The highest BCUT2D eigenvalue weighted by molar-refractivity contribution is 6.41. The second kappa shape index (κ2) is 5.43. The molecule has 1 aliphatic heterocycles. The van der Waals surface area contributed by atoms with E-state index in [2.05, 4.69) is 0 Å². The third-order valence-corrected chi connectivity index (χ3v) is 3.46. The molecular weight excluding hydrogens is 240 g/mol. The monoisotopic (exact) mass is 260 g/mol. The number of piperazine rings is 1. The molecule has 0 saturated carbocycles. The van der Waals surface area contributed by atoms with E-state index in [1.54, 1.807) is 9.80 Å². The van der Waals surface area contributed by atoms with Gasteiger partial charge in [0.25, 0.3) is 0 Å². The fourth-order valence-electron chi connectivity index (χ4n) is 2.40. The third kappa shape index (κ3) is 2.62. The van der Waals surface area contributed by atoms with Gasteiger partial charge in [0.05, 0.1) is 0 Å². The molecule has 0 atom stereocenters. The minimum atomic E-state index is -0.409. The Balaban J connectivity index is 2.26. The molecule has 0 aromatic heterocycles. The Morgan fingerprint density at radius 1 is 1.11 bits per heavy atom. The summed E-state index contributed by atoms with van der Waals surface area (Å²) in [5.74, 6) is -0.789. The molecule has 0 aliphatic carbocycles. The molecule has 1 heterocycles. The summed E-state index contributed by atoms with van der Waals surface area (Å²) in [7, 11) is 0. The van der Waals surface area contributed by atoms with Crippen LogP contribution in [0.15, 0.2) is 18.2 Å². The summed E-state index contributed by atoms with van der Waals surface area (Å²) in [6.07, 6.45) is 0.877. The molecule has 4 nitrogen and oxygen atoms in total. The summed E-state index contributed by atoms with van der Waals surface area (Å²) in [6, 6.07) is 5.97. The zero-order valence-corrected chi connectivity index (χ0v) is 11.8. The van der Waals surface area contributed by atoms with E-state index in [4.69, 9.17) is 0 Å². The van der Waals surface area contributed by atoms with E-state index in [1.165, 1.54) is 0 Å². The Kier molecular flexibility index (Phi) is 3.88. The number of rotatable bonds is 3. The molecule has 1 aliphatic rings. The Morgan fingerprint density at radius 2 is 1.84 bits per heavy atom. The molecule has 0 N–H and O–H groups in total. The van der Waals surface area contributed by atoms with Crippen LogP contribution < -0.4 is 4.90 Å². The van der Waals surface area contributed by atoms with Crippen LogP contribution in [0, 0.1) is 13.8 Å². The maximum Gasteiger partial charge on any atom is 0.316 e. The number of hydrogen-bond acceptors (Lipinski definition) is 2. The molecule has 1 saturated heterocycles. The summed E-state index contributed by atoms with van der Waals surface area (Å²) < 4.78 is 0. The predicted octanol–water partition coefficient (Wildman–Crippen LogP) is 1.89. The van der Waals surface area contributed by atoms with E-state index in [-0.39, 0.29) is 5.91 Å². The molecule has 0 bridgehead atoms. The average Bonchev–Trinajstić information content (AvgIpc) is 2.39. The summed E-state index contributed by atoms with van der Waals surface area (Å²) in [5, 5.41) is 0. The molecular formula is C15H20N2O2. The Morgan fingerprint density at radius 3 is 2.53 bits per heavy atom. The molecule has 4 heteroatoms. The lowest BCUT2D eigenvalue weighted by Gasteiger charge is -2.34. The van der Waals surface area contributed by atoms with Crippen LogP contribution in [0.4, 0.5) is 5.69 Å². The van der Waals surface area contributed by atoms with Crippen LogP contribution in [0.5, 0.6) is 0 Å². The molecule has 0 radical (unpaired) electrons. The quantitative estimate of drug-likeness (QED) is 0.779. The molecule has 102 valence electrons. The standard InChI is InChI=1S/C15H20N2O2/c1-4-7-16-8-9-17(15(19)14(16)18)13-10-11(2)5-6-12(13)3/h5-6,10H,4,7-9H2,1-3H3. The van der Waals surface area contributed by atoms with Gasteiger partial charge in [-0.15, -0.1) is 0 Å². The number of amides is 2. The van der Waals surface area contributed by atoms with Crippen LogP contribution in [0.1, 0.15) is 24.5 Å². The first-order chi connectivity index (χ1) is 9.04. The van der Waals surface area contributed by atoms with Crippen LogP contribution >= 0.6 is 0 Å². The van der Waals surface area contributed by atoms with Crippen molar-refractivity contribution in [2.24, 2.45) is 0 Å². The number of nitrogens with zero attached hydrogens (tertiary/aromatic N) is 2. The summed E-state index contributed by atoms with van der Waals surface area (Å²) in [4.78, 5) is 27.5. The van der Waals surface area contributed by atoms with Crippen molar-refractivity contribution in [3.63, 3.8) is 0 Å². The van der Waals surface area contributed by atoms with Crippen LogP contribution in [0.2, 0.25) is 0 Å². The Labute approximate surface area is 114 Å². The first-order valence-electron chi connectivity index (χ1n) is 6.72. The highest BCUT2D eigenvalue weighted by Crippen LogP contribution is 2.23. The van der Waals surface area contributed by atoms with E-state index in [1.807, 2.05) is 39.0 Å². The van der Waals surface area contributed by atoms with E-state index < -0.39 is 5.91 Å². The van der Waals surface area contributed by atoms with Crippen molar-refractivity contribution >= 4 is 17.5 Å². The number of carbonyl (C=O) groups excluding carboxylic acids is 2. The summed E-state index contributed by atoms with van der Waals surface area (Å²) in [5.41, 5.74) is 2.97. The van der Waals surface area contributed by atoms with E-state index in [0.29, 0.717) is 19.6 Å². The minimum absolute atomic E-state index is 0.381. The van der Waals surface area contributed by atoms with Gasteiger partial charge >= 0.3 is 11.8 Å². The van der Waals surface area contributed by atoms with Gasteiger partial charge in [-0.1, -0.05) is 19.1 Å². The Bertz CT molecular complexity index is 511. The first-order valence-corrected chi connectivity index (χ1v) is 6.72. The van der Waals surface area contributed by atoms with Gasteiger partial charge in [0.15, 0.2) is 0 Å². The fraction of sp³-hybridized carbons (Fsp3) is 0.467. The second-order valence-corrected chi connectivity index (χ2v) is 5.04. The smallest absolute Gasteiger partial charge is 0.316 e. The van der Waals surface area contributed by atoms with Crippen LogP contribution in [0.3, 0.4) is 0 Å². The van der Waals surface area contributed by atoms with E-state index >= 15 is 0 Å². The maximum atomic E-state index is 12.2. The maximum absolute atomic E-state index is 12.2. The van der Waals surface area contributed by atoms with Crippen molar-refractivity contribution in [1.82, 2.24) is 4.90 Å². The zero-order valence-electron chi connectivity index (χ0n) is 11.8. The second-order valence-electron chi connectivity index (χ2n) is 5.04. The highest BCUT2D eigenvalue weighted by Gasteiger charge is 2.33. The fourth-order valence-corrected chi connectivity index (χ4v) is 2.40. The molecule has 2 rings (SSSR count). The van der Waals surface area contributed by atoms with Crippen molar-refractivity contribution in [2.75, 3.05) is 24.5 Å². The molecule has 2 amide bonds. The van der Waals surface area contributed by atoms with Gasteiger partial charge in [-0.05, 0) is 37.5 Å². The number of anilines is 1. The van der Waals surface area contributed by atoms with Crippen molar-refractivity contribution in [1.29, 1.82) is 0 Å². The molecule has 0 spiro atoms. The van der Waals surface area contributed by atoms with Gasteiger partial charge in [0.2, 0.25) is 0 Å². The van der Waals surface area contributed by atoms with Crippen LogP contribution in [-0.2, 0) is 9.59 Å². The normalized spacial score (nSPS) is 16.2. The predicted molar refractivity (Wildman–Crippen MR) is 75.1 cm³/mol. The third-order valence-electron chi connectivity index (χ3n) is 3.46. The van der Waals surface area contributed by atoms with Crippen LogP contribution in [0.25, 0.3) is 0 Å². The molecule has 1 fully saturated rings. The molecule has 1 aromatic carbocycles. The lowest BCUT2D eigenvalue weighted by atomic mass is 10.1. The largest absolute Gasteiger partial charge is 0.333 e. The first kappa shape index (κ1) is 13.6. The van der Waals surface area contributed by atoms with Crippen molar-refractivity contribution in [3.8, 4) is 0 Å². The van der Waals surface area contributed by atoms with Gasteiger partial charge in [0, 0.05) is 25.3 Å². The summed E-state index contributed by atoms with van der Waals surface area (Å²) in [6.45, 7) is 7.81. The summed E-state index contributed by atoms with van der Waals surface area (Å²) >= 11 is 0. The topological polar surface area (TPSA) is 40.6 Å². The number of hydrogen-bond donors (Lipinski definition) is 0. The molecule has 0 unspecified atom stereocenters. The lowest BCUT2D eigenvalue weighted by molar-refractivity contribution is -0.146. The number of benzene rings is 1. The SMILES string of the molecule is CCCN1CCN(c2cc(C)ccc2C)C(=O)C1=O. The van der Waals surface area contributed by atoms with Gasteiger partial charge < -0.3 is 9.80 Å². The number of aryl methyl sites for hydroxylation is 2. The van der Waals surface area contributed by atoms with Gasteiger partial charge in [-0.2, -0.15) is 0 Å². The van der Waals surface area contributed by atoms with E-state index in [0.717, 1.165) is 23.2 Å². The van der Waals surface area contributed by atoms with Gasteiger partial charge in [0.1, 0.15) is 0 Å². The average molecular weight is 260 g/mol. The van der Waals surface area contributed by atoms with Crippen LogP contribution in [-0.4, -0.2) is 36.3 Å². The lowest BCUT2D eigenvalue weighted by Crippen LogP contribution is -2.54. The van der Waals surface area contributed by atoms with Crippen molar-refractivity contribution < 1.29 is 9.59 Å². The minimum Gasteiger partial charge on any atom is -0.333 e. The Hall–Kier alpha value is -1.84. The molecule has 1 aromatic rings. The van der Waals surface area contributed by atoms with Gasteiger partial charge in [-0.25, -0.2) is 0 Å². The van der Waals surface area contributed by atoms with E-state index in [9.17, 15) is 9.59 Å². The molecule has 19 heavy (non-hydrogen) atoms. The number of carbonyl (C=O) groups is 2.